The zero-order chi connectivity index (χ0) is 15.2. The van der Waals surface area contributed by atoms with Crippen LogP contribution in [-0.4, -0.2) is 26.6 Å². The van der Waals surface area contributed by atoms with Crippen LogP contribution in [0.5, 0.6) is 5.88 Å². The third-order valence-electron chi connectivity index (χ3n) is 4.53. The summed E-state index contributed by atoms with van der Waals surface area (Å²) in [5.74, 6) is 1.36. The Morgan fingerprint density at radius 3 is 2.76 bits per heavy atom. The van der Waals surface area contributed by atoms with Crippen molar-refractivity contribution in [1.82, 2.24) is 19.5 Å². The van der Waals surface area contributed by atoms with Crippen molar-refractivity contribution in [1.29, 1.82) is 0 Å². The first-order valence-electron chi connectivity index (χ1n) is 7.36. The summed E-state index contributed by atoms with van der Waals surface area (Å²) < 4.78 is 7.53. The molecule has 1 aliphatic carbocycles. The number of halogens is 1. The van der Waals surface area contributed by atoms with E-state index in [-0.39, 0.29) is 10.8 Å². The van der Waals surface area contributed by atoms with Crippen LogP contribution in [0.4, 0.5) is 0 Å². The third-order valence-corrected chi connectivity index (χ3v) is 4.73. The molecule has 114 valence electrons. The SMILES string of the molecule is COc1ncnc2c1nc(C(C)Cl)n2C1CCCC1(C)C. The first-order chi connectivity index (χ1) is 9.95. The maximum Gasteiger partial charge on any atom is 0.245 e. The van der Waals surface area contributed by atoms with Gasteiger partial charge in [-0.15, -0.1) is 11.6 Å². The Labute approximate surface area is 129 Å². The lowest BCUT2D eigenvalue weighted by Crippen LogP contribution is -2.23. The summed E-state index contributed by atoms with van der Waals surface area (Å²) >= 11 is 6.37. The lowest BCUT2D eigenvalue weighted by molar-refractivity contribution is 0.260. The van der Waals surface area contributed by atoms with E-state index in [1.54, 1.807) is 7.11 Å². The Balaban J connectivity index is 2.27. The molecule has 0 radical (unpaired) electrons. The smallest absolute Gasteiger partial charge is 0.245 e. The Morgan fingerprint density at radius 2 is 2.19 bits per heavy atom. The average Bonchev–Trinajstić information content (AvgIpc) is 2.97. The molecule has 21 heavy (non-hydrogen) atoms. The zero-order valence-corrected chi connectivity index (χ0v) is 13.7. The number of ether oxygens (including phenoxy) is 1. The molecule has 1 saturated carbocycles. The second-order valence-electron chi connectivity index (χ2n) is 6.41. The van der Waals surface area contributed by atoms with Gasteiger partial charge in [-0.1, -0.05) is 20.3 Å². The Bertz CT molecular complexity index is 665. The highest BCUT2D eigenvalue weighted by atomic mass is 35.5. The van der Waals surface area contributed by atoms with E-state index in [1.165, 1.54) is 19.2 Å². The van der Waals surface area contributed by atoms with E-state index in [9.17, 15) is 0 Å². The molecule has 2 atom stereocenters. The minimum absolute atomic E-state index is 0.180. The van der Waals surface area contributed by atoms with Gasteiger partial charge in [0.2, 0.25) is 5.88 Å². The fourth-order valence-corrected chi connectivity index (χ4v) is 3.58. The van der Waals surface area contributed by atoms with Crippen molar-refractivity contribution < 1.29 is 4.74 Å². The molecule has 2 aromatic rings. The van der Waals surface area contributed by atoms with Gasteiger partial charge in [0.05, 0.1) is 12.5 Å². The van der Waals surface area contributed by atoms with Crippen molar-refractivity contribution in [3.05, 3.63) is 12.2 Å². The molecule has 0 N–H and O–H groups in total. The summed E-state index contributed by atoms with van der Waals surface area (Å²) in [7, 11) is 1.60. The summed E-state index contributed by atoms with van der Waals surface area (Å²) in [6.45, 7) is 6.55. The number of nitrogens with zero attached hydrogens (tertiary/aromatic N) is 4. The van der Waals surface area contributed by atoms with Gasteiger partial charge in [-0.25, -0.2) is 9.97 Å². The maximum atomic E-state index is 6.37. The summed E-state index contributed by atoms with van der Waals surface area (Å²) in [6, 6.07) is 0.360. The molecule has 0 saturated heterocycles. The molecule has 3 rings (SSSR count). The molecule has 1 fully saturated rings. The molecule has 0 amide bonds. The highest BCUT2D eigenvalue weighted by Gasteiger charge is 2.38. The Morgan fingerprint density at radius 1 is 1.43 bits per heavy atom. The summed E-state index contributed by atoms with van der Waals surface area (Å²) in [4.78, 5) is 13.3. The van der Waals surface area contributed by atoms with Crippen LogP contribution in [0, 0.1) is 5.41 Å². The van der Waals surface area contributed by atoms with Gasteiger partial charge in [-0.3, -0.25) is 0 Å². The molecule has 0 aromatic carbocycles. The average molecular weight is 309 g/mol. The third kappa shape index (κ3) is 2.27. The van der Waals surface area contributed by atoms with Crippen LogP contribution in [0.1, 0.15) is 57.3 Å². The maximum absolute atomic E-state index is 6.37. The van der Waals surface area contributed by atoms with Gasteiger partial charge in [0.1, 0.15) is 12.2 Å². The largest absolute Gasteiger partial charge is 0.479 e. The van der Waals surface area contributed by atoms with E-state index in [1.807, 2.05) is 6.92 Å². The second kappa shape index (κ2) is 5.13. The van der Waals surface area contributed by atoms with Crippen molar-refractivity contribution in [2.24, 2.45) is 5.41 Å². The number of hydrogen-bond donors (Lipinski definition) is 0. The predicted octanol–water partition coefficient (Wildman–Crippen LogP) is 3.89. The molecule has 0 bridgehead atoms. The second-order valence-corrected chi connectivity index (χ2v) is 7.06. The molecule has 0 aliphatic heterocycles. The van der Waals surface area contributed by atoms with Crippen LogP contribution in [0.15, 0.2) is 6.33 Å². The first-order valence-corrected chi connectivity index (χ1v) is 7.80. The first kappa shape index (κ1) is 14.6. The standard InChI is InChI=1S/C15H21ClN4O/c1-9(16)12-19-11-13(17-8-18-14(11)21-4)20(12)10-6-5-7-15(10,2)3/h8-10H,5-7H2,1-4H3. The van der Waals surface area contributed by atoms with E-state index in [2.05, 4.69) is 33.4 Å². The van der Waals surface area contributed by atoms with Crippen LogP contribution in [0.25, 0.3) is 11.2 Å². The van der Waals surface area contributed by atoms with Crippen LogP contribution in [-0.2, 0) is 0 Å². The molecule has 2 unspecified atom stereocenters. The summed E-state index contributed by atoms with van der Waals surface area (Å²) in [5, 5.41) is -0.180. The number of alkyl halides is 1. The minimum Gasteiger partial charge on any atom is -0.479 e. The van der Waals surface area contributed by atoms with Crippen molar-refractivity contribution in [2.75, 3.05) is 7.11 Å². The number of methoxy groups -OCH3 is 1. The van der Waals surface area contributed by atoms with Gasteiger partial charge >= 0.3 is 0 Å². The quantitative estimate of drug-likeness (QED) is 0.807. The van der Waals surface area contributed by atoms with Crippen LogP contribution in [0.2, 0.25) is 0 Å². The van der Waals surface area contributed by atoms with Gasteiger partial charge in [-0.05, 0) is 25.2 Å². The van der Waals surface area contributed by atoms with E-state index in [4.69, 9.17) is 16.3 Å². The van der Waals surface area contributed by atoms with Crippen molar-refractivity contribution in [3.63, 3.8) is 0 Å². The molecular formula is C15H21ClN4O. The fraction of sp³-hybridized carbons (Fsp3) is 0.667. The fourth-order valence-electron chi connectivity index (χ4n) is 3.43. The normalized spacial score (nSPS) is 22.6. The highest BCUT2D eigenvalue weighted by molar-refractivity contribution is 6.20. The summed E-state index contributed by atoms with van der Waals surface area (Å²) in [6.07, 6.45) is 5.08. The molecule has 2 heterocycles. The predicted molar refractivity (Wildman–Crippen MR) is 82.8 cm³/mol. The Kier molecular flexibility index (Phi) is 3.56. The van der Waals surface area contributed by atoms with E-state index in [0.29, 0.717) is 17.4 Å². The van der Waals surface area contributed by atoms with E-state index in [0.717, 1.165) is 17.9 Å². The monoisotopic (exact) mass is 308 g/mol. The van der Waals surface area contributed by atoms with Crippen LogP contribution >= 0.6 is 11.6 Å². The van der Waals surface area contributed by atoms with Crippen molar-refractivity contribution >= 4 is 22.8 Å². The van der Waals surface area contributed by atoms with Crippen LogP contribution in [0.3, 0.4) is 0 Å². The number of rotatable bonds is 3. The lowest BCUT2D eigenvalue weighted by atomic mass is 9.87. The lowest BCUT2D eigenvalue weighted by Gasteiger charge is -2.30. The molecule has 0 spiro atoms. The van der Waals surface area contributed by atoms with Gasteiger partial charge < -0.3 is 9.30 Å². The van der Waals surface area contributed by atoms with Gasteiger partial charge in [0.25, 0.3) is 0 Å². The van der Waals surface area contributed by atoms with Gasteiger partial charge in [0, 0.05) is 6.04 Å². The summed E-state index contributed by atoms with van der Waals surface area (Å²) in [5.41, 5.74) is 1.74. The molecule has 1 aliphatic rings. The van der Waals surface area contributed by atoms with E-state index < -0.39 is 0 Å². The topological polar surface area (TPSA) is 52.8 Å². The van der Waals surface area contributed by atoms with Crippen molar-refractivity contribution in [2.45, 2.75) is 51.5 Å². The molecular weight excluding hydrogens is 288 g/mol. The van der Waals surface area contributed by atoms with E-state index >= 15 is 0 Å². The number of imidazole rings is 1. The highest BCUT2D eigenvalue weighted by Crippen LogP contribution is 2.48. The Hall–Kier alpha value is -1.36. The number of aromatic nitrogens is 4. The molecule has 6 heteroatoms. The minimum atomic E-state index is -0.180. The van der Waals surface area contributed by atoms with Gasteiger partial charge in [0.15, 0.2) is 11.2 Å². The molecule has 2 aromatic heterocycles. The van der Waals surface area contributed by atoms with Crippen molar-refractivity contribution in [3.8, 4) is 5.88 Å². The molecule has 5 nitrogen and oxygen atoms in total. The van der Waals surface area contributed by atoms with Crippen LogP contribution < -0.4 is 4.74 Å². The number of fused-ring (bicyclic) bond motifs is 1. The zero-order valence-electron chi connectivity index (χ0n) is 12.9. The van der Waals surface area contributed by atoms with Gasteiger partial charge in [-0.2, -0.15) is 4.98 Å². The number of hydrogen-bond acceptors (Lipinski definition) is 4.